The molecule has 1 fully saturated rings. The highest BCUT2D eigenvalue weighted by Gasteiger charge is 2.26. The molecule has 31 heavy (non-hydrogen) atoms. The van der Waals surface area contributed by atoms with Gasteiger partial charge in [-0.05, 0) is 24.3 Å². The first kappa shape index (κ1) is 21.0. The smallest absolute Gasteiger partial charge is 0.246 e. The van der Waals surface area contributed by atoms with E-state index in [1.807, 2.05) is 4.90 Å². The second-order valence-electron chi connectivity index (χ2n) is 6.97. The average molecular weight is 445 g/mol. The molecule has 4 rings (SSSR count). The van der Waals surface area contributed by atoms with E-state index in [2.05, 4.69) is 16.5 Å². The van der Waals surface area contributed by atoms with Crippen LogP contribution in [0, 0.1) is 11.6 Å². The molecule has 0 spiro atoms. The minimum absolute atomic E-state index is 0.0184. The maximum atomic E-state index is 15.6. The van der Waals surface area contributed by atoms with Crippen molar-refractivity contribution >= 4 is 34.2 Å². The molecule has 1 amide bonds. The van der Waals surface area contributed by atoms with Crippen molar-refractivity contribution in [3.8, 4) is 16.9 Å². The zero-order valence-electron chi connectivity index (χ0n) is 16.7. The van der Waals surface area contributed by atoms with Crippen molar-refractivity contribution in [2.24, 2.45) is 0 Å². The van der Waals surface area contributed by atoms with Crippen LogP contribution in [0.25, 0.3) is 22.0 Å². The summed E-state index contributed by atoms with van der Waals surface area (Å²) in [5.74, 6) is -0.877. The Morgan fingerprint density at radius 1 is 1.19 bits per heavy atom. The molecule has 2 aromatic carbocycles. The number of piperazine rings is 1. The van der Waals surface area contributed by atoms with Crippen molar-refractivity contribution in [3.05, 3.63) is 59.9 Å². The van der Waals surface area contributed by atoms with E-state index in [1.165, 1.54) is 43.8 Å². The molecule has 0 bridgehead atoms. The number of rotatable bonds is 4. The zero-order chi connectivity index (χ0) is 22.1. The van der Waals surface area contributed by atoms with Gasteiger partial charge in [-0.3, -0.25) is 4.79 Å². The van der Waals surface area contributed by atoms with Crippen molar-refractivity contribution in [3.63, 3.8) is 0 Å². The highest BCUT2D eigenvalue weighted by atomic mass is 35.5. The molecule has 0 saturated carbocycles. The Morgan fingerprint density at radius 2 is 1.94 bits per heavy atom. The van der Waals surface area contributed by atoms with Crippen LogP contribution in [0.3, 0.4) is 0 Å². The lowest BCUT2D eigenvalue weighted by molar-refractivity contribution is -0.126. The van der Waals surface area contributed by atoms with Gasteiger partial charge in [0.2, 0.25) is 5.91 Å². The first-order chi connectivity index (χ1) is 15.0. The molecule has 1 saturated heterocycles. The van der Waals surface area contributed by atoms with Gasteiger partial charge >= 0.3 is 0 Å². The lowest BCUT2D eigenvalue weighted by Gasteiger charge is -2.35. The molecular weight excluding hydrogens is 426 g/mol. The third-order valence-corrected chi connectivity index (χ3v) is 5.61. The maximum Gasteiger partial charge on any atom is 0.246 e. The first-order valence-electron chi connectivity index (χ1n) is 9.58. The number of carbonyl (C=O) groups is 1. The van der Waals surface area contributed by atoms with Crippen LogP contribution in [-0.4, -0.2) is 54.1 Å². The fourth-order valence-corrected chi connectivity index (χ4v) is 4.07. The van der Waals surface area contributed by atoms with Gasteiger partial charge in [0.05, 0.1) is 17.7 Å². The molecule has 160 valence electrons. The van der Waals surface area contributed by atoms with Gasteiger partial charge < -0.3 is 14.5 Å². The topological polar surface area (TPSA) is 58.6 Å². The fraction of sp³-hybridized carbons (Fsp3) is 0.227. The van der Waals surface area contributed by atoms with Crippen LogP contribution in [0.4, 0.5) is 14.6 Å². The van der Waals surface area contributed by atoms with Gasteiger partial charge in [0.1, 0.15) is 29.2 Å². The molecule has 2 heterocycles. The number of hydrogen-bond donors (Lipinski definition) is 0. The van der Waals surface area contributed by atoms with Gasteiger partial charge in [-0.1, -0.05) is 24.2 Å². The Labute approximate surface area is 182 Å². The molecule has 6 nitrogen and oxygen atoms in total. The number of aromatic nitrogens is 2. The third-order valence-electron chi connectivity index (χ3n) is 5.31. The molecule has 0 unspecified atom stereocenters. The Morgan fingerprint density at radius 3 is 2.61 bits per heavy atom. The molecule has 0 aliphatic carbocycles. The van der Waals surface area contributed by atoms with Gasteiger partial charge in [0.15, 0.2) is 5.82 Å². The van der Waals surface area contributed by atoms with Gasteiger partial charge in [-0.25, -0.2) is 18.7 Å². The third kappa shape index (κ3) is 3.67. The van der Waals surface area contributed by atoms with Gasteiger partial charge in [-0.15, -0.1) is 0 Å². The summed E-state index contributed by atoms with van der Waals surface area (Å²) >= 11 is 6.44. The summed E-state index contributed by atoms with van der Waals surface area (Å²) in [4.78, 5) is 23.9. The predicted octanol–water partition coefficient (Wildman–Crippen LogP) is 4.07. The molecule has 0 radical (unpaired) electrons. The van der Waals surface area contributed by atoms with Crippen LogP contribution in [0.2, 0.25) is 5.02 Å². The number of halogens is 3. The van der Waals surface area contributed by atoms with Crippen LogP contribution < -0.4 is 9.64 Å². The zero-order valence-corrected chi connectivity index (χ0v) is 17.5. The van der Waals surface area contributed by atoms with Crippen molar-refractivity contribution < 1.29 is 18.3 Å². The number of benzene rings is 2. The number of carbonyl (C=O) groups excluding carboxylic acids is 1. The fourth-order valence-electron chi connectivity index (χ4n) is 3.78. The quantitative estimate of drug-likeness (QED) is 0.568. The molecule has 9 heteroatoms. The number of nitrogens with zero attached hydrogens (tertiary/aromatic N) is 4. The average Bonchev–Trinajstić information content (AvgIpc) is 2.79. The number of methoxy groups -OCH3 is 1. The van der Waals surface area contributed by atoms with Crippen molar-refractivity contribution in [1.82, 2.24) is 14.9 Å². The molecule has 0 N–H and O–H groups in total. The Bertz CT molecular complexity index is 1180. The highest BCUT2D eigenvalue weighted by Crippen LogP contribution is 2.42. The van der Waals surface area contributed by atoms with E-state index in [-0.39, 0.29) is 33.3 Å². The number of amides is 1. The molecular formula is C22H19ClF2N4O2. The van der Waals surface area contributed by atoms with Gasteiger partial charge in [0, 0.05) is 37.1 Å². The van der Waals surface area contributed by atoms with E-state index in [0.717, 1.165) is 0 Å². The molecule has 1 aromatic heterocycles. The number of ether oxygens (including phenoxy) is 1. The van der Waals surface area contributed by atoms with E-state index < -0.39 is 11.6 Å². The van der Waals surface area contributed by atoms with Gasteiger partial charge in [-0.2, -0.15) is 0 Å². The number of anilines is 1. The number of hydrogen-bond acceptors (Lipinski definition) is 5. The van der Waals surface area contributed by atoms with E-state index in [1.54, 1.807) is 4.90 Å². The SMILES string of the molecule is C=CC(=O)N1CCN(c2ncnc3c(F)c(-c4c(F)cccc4OC)c(Cl)cc23)CC1. The molecule has 1 aliphatic rings. The highest BCUT2D eigenvalue weighted by molar-refractivity contribution is 6.34. The molecule has 1 aliphatic heterocycles. The van der Waals surface area contributed by atoms with Crippen LogP contribution in [0.15, 0.2) is 43.2 Å². The van der Waals surface area contributed by atoms with E-state index in [9.17, 15) is 9.18 Å². The summed E-state index contributed by atoms with van der Waals surface area (Å²) < 4.78 is 35.4. The molecule has 3 aromatic rings. The second kappa shape index (κ2) is 8.47. The standard InChI is InChI=1S/C22H19ClF2N4O2/c1-3-17(30)28-7-9-29(10-8-28)22-13-11-14(23)18(20(25)21(13)26-12-27-22)19-15(24)5-4-6-16(19)31-2/h3-6,11-12H,1,7-10H2,2H3. The second-order valence-corrected chi connectivity index (χ2v) is 7.38. The minimum Gasteiger partial charge on any atom is -0.496 e. The summed E-state index contributed by atoms with van der Waals surface area (Å²) in [6.45, 7) is 5.49. The van der Waals surface area contributed by atoms with Crippen molar-refractivity contribution in [1.29, 1.82) is 0 Å². The lowest BCUT2D eigenvalue weighted by Crippen LogP contribution is -2.48. The van der Waals surface area contributed by atoms with Crippen molar-refractivity contribution in [2.45, 2.75) is 0 Å². The van der Waals surface area contributed by atoms with Gasteiger partial charge in [0.25, 0.3) is 0 Å². The van der Waals surface area contributed by atoms with Crippen LogP contribution in [-0.2, 0) is 4.79 Å². The summed E-state index contributed by atoms with van der Waals surface area (Å²) in [7, 11) is 1.38. The maximum absolute atomic E-state index is 15.6. The Kier molecular flexibility index (Phi) is 5.73. The summed E-state index contributed by atoms with van der Waals surface area (Å²) in [5.41, 5.74) is -0.152. The summed E-state index contributed by atoms with van der Waals surface area (Å²) in [6, 6.07) is 5.76. The van der Waals surface area contributed by atoms with Crippen molar-refractivity contribution in [2.75, 3.05) is 38.2 Å². The number of fused-ring (bicyclic) bond motifs is 1. The summed E-state index contributed by atoms with van der Waals surface area (Å²) in [6.07, 6.45) is 2.54. The Hall–Kier alpha value is -3.26. The minimum atomic E-state index is -0.755. The first-order valence-corrected chi connectivity index (χ1v) is 9.96. The van der Waals surface area contributed by atoms with Crippen LogP contribution in [0.5, 0.6) is 5.75 Å². The monoisotopic (exact) mass is 444 g/mol. The van der Waals surface area contributed by atoms with E-state index in [4.69, 9.17) is 16.3 Å². The van der Waals surface area contributed by atoms with E-state index >= 15 is 4.39 Å². The van der Waals surface area contributed by atoms with Crippen LogP contribution >= 0.6 is 11.6 Å². The molecule has 0 atom stereocenters. The predicted molar refractivity (Wildman–Crippen MR) is 115 cm³/mol. The Balaban J connectivity index is 1.80. The van der Waals surface area contributed by atoms with E-state index in [0.29, 0.717) is 37.4 Å². The lowest BCUT2D eigenvalue weighted by atomic mass is 10.0. The largest absolute Gasteiger partial charge is 0.496 e. The summed E-state index contributed by atoms with van der Waals surface area (Å²) in [5, 5.41) is 0.428. The normalized spacial score (nSPS) is 14.1. The van der Waals surface area contributed by atoms with Crippen LogP contribution in [0.1, 0.15) is 0 Å².